The Morgan fingerprint density at radius 3 is 2.57 bits per heavy atom. The quantitative estimate of drug-likeness (QED) is 0.585. The molecule has 0 aromatic heterocycles. The van der Waals surface area contributed by atoms with Crippen molar-refractivity contribution in [2.45, 2.75) is 64.1 Å². The van der Waals surface area contributed by atoms with Crippen LogP contribution in [0.15, 0.2) is 36.4 Å². The van der Waals surface area contributed by atoms with Crippen LogP contribution in [-0.2, 0) is 11.2 Å². The fourth-order valence-corrected chi connectivity index (χ4v) is 3.90. The van der Waals surface area contributed by atoms with Gasteiger partial charge in [-0.2, -0.15) is 13.2 Å². The Balaban J connectivity index is 1.88. The van der Waals surface area contributed by atoms with E-state index in [-0.39, 0.29) is 24.4 Å². The van der Waals surface area contributed by atoms with Crippen LogP contribution < -0.4 is 5.43 Å². The highest BCUT2D eigenvalue weighted by Gasteiger charge is 2.46. The Kier molecular flexibility index (Phi) is 6.60. The van der Waals surface area contributed by atoms with Crippen molar-refractivity contribution >= 4 is 16.7 Å². The van der Waals surface area contributed by atoms with Crippen molar-refractivity contribution in [1.82, 2.24) is 10.4 Å². The molecule has 3 nitrogen and oxygen atoms in total. The van der Waals surface area contributed by atoms with Gasteiger partial charge in [0.15, 0.2) is 0 Å². The molecular weight excluding hydrogens is 365 g/mol. The molecule has 0 bridgehead atoms. The van der Waals surface area contributed by atoms with Gasteiger partial charge in [-0.3, -0.25) is 10.2 Å². The first-order valence-corrected chi connectivity index (χ1v) is 10.0. The zero-order valence-electron chi connectivity index (χ0n) is 16.2. The normalized spacial score (nSPS) is 16.5. The first kappa shape index (κ1) is 20.6. The summed E-state index contributed by atoms with van der Waals surface area (Å²) in [7, 11) is 0. The molecule has 2 aromatic rings. The van der Waals surface area contributed by atoms with Crippen molar-refractivity contribution < 1.29 is 18.0 Å². The van der Waals surface area contributed by atoms with E-state index in [4.69, 9.17) is 0 Å². The van der Waals surface area contributed by atoms with E-state index in [1.807, 2.05) is 18.2 Å². The molecule has 2 aromatic carbocycles. The summed E-state index contributed by atoms with van der Waals surface area (Å²) in [5.41, 5.74) is 3.60. The lowest BCUT2D eigenvalue weighted by molar-refractivity contribution is -0.191. The van der Waals surface area contributed by atoms with Gasteiger partial charge in [0, 0.05) is 13.0 Å². The van der Waals surface area contributed by atoms with Crippen LogP contribution in [0, 0.1) is 0 Å². The second kappa shape index (κ2) is 8.95. The van der Waals surface area contributed by atoms with Crippen LogP contribution in [0.25, 0.3) is 10.8 Å². The summed E-state index contributed by atoms with van der Waals surface area (Å²) in [6.45, 7) is 2.23. The van der Waals surface area contributed by atoms with E-state index in [9.17, 15) is 18.0 Å². The lowest BCUT2D eigenvalue weighted by Crippen LogP contribution is -2.43. The fraction of sp³-hybridized carbons (Fsp3) is 0.500. The average Bonchev–Trinajstić information content (AvgIpc) is 3.06. The Labute approximate surface area is 163 Å². The summed E-state index contributed by atoms with van der Waals surface area (Å²) < 4.78 is 41.4. The highest BCUT2D eigenvalue weighted by atomic mass is 19.4. The number of unbranched alkanes of at least 4 members (excludes halogenated alkanes) is 4. The lowest BCUT2D eigenvalue weighted by Gasteiger charge is -2.29. The molecule has 0 spiro atoms. The Morgan fingerprint density at radius 1 is 1.11 bits per heavy atom. The summed E-state index contributed by atoms with van der Waals surface area (Å²) in [5, 5.41) is 2.83. The minimum atomic E-state index is -4.47. The molecule has 1 amide bonds. The molecule has 6 heteroatoms. The minimum absolute atomic E-state index is 0.0557. The van der Waals surface area contributed by atoms with Crippen molar-refractivity contribution in [3.8, 4) is 0 Å². The average molecular weight is 392 g/mol. The molecule has 1 heterocycles. The summed E-state index contributed by atoms with van der Waals surface area (Å²) in [6, 6.07) is 9.00. The molecule has 1 aliphatic heterocycles. The number of carbonyl (C=O) groups is 1. The smallest absolute Gasteiger partial charge is 0.288 e. The molecule has 1 atom stereocenters. The lowest BCUT2D eigenvalue weighted by atomic mass is 9.95. The SMILES string of the molecule is CCCCCCCc1cccc2ccc([C@H](N3CCC(=O)N3)C(F)(F)F)cc12. The zero-order valence-corrected chi connectivity index (χ0v) is 16.2. The summed E-state index contributed by atoms with van der Waals surface area (Å²) in [6.07, 6.45) is 2.24. The molecule has 3 rings (SSSR count). The number of amides is 1. The molecule has 1 fully saturated rings. The van der Waals surface area contributed by atoms with E-state index >= 15 is 0 Å². The van der Waals surface area contributed by atoms with Crippen LogP contribution in [0.4, 0.5) is 13.2 Å². The van der Waals surface area contributed by atoms with Gasteiger partial charge >= 0.3 is 6.18 Å². The van der Waals surface area contributed by atoms with Gasteiger partial charge in [-0.25, -0.2) is 5.01 Å². The number of nitrogens with zero attached hydrogens (tertiary/aromatic N) is 1. The predicted molar refractivity (Wildman–Crippen MR) is 105 cm³/mol. The Morgan fingerprint density at radius 2 is 1.89 bits per heavy atom. The van der Waals surface area contributed by atoms with Crippen LogP contribution >= 0.6 is 0 Å². The maximum absolute atomic E-state index is 13.8. The largest absolute Gasteiger partial charge is 0.409 e. The maximum atomic E-state index is 13.8. The Bertz CT molecular complexity index is 819. The number of hydrazine groups is 1. The number of nitrogens with one attached hydrogen (secondary N) is 1. The van der Waals surface area contributed by atoms with Gasteiger partial charge in [-0.1, -0.05) is 62.9 Å². The highest BCUT2D eigenvalue weighted by Crippen LogP contribution is 2.39. The first-order chi connectivity index (χ1) is 13.4. The van der Waals surface area contributed by atoms with Crippen LogP contribution in [0.2, 0.25) is 0 Å². The summed E-state index contributed by atoms with van der Waals surface area (Å²) >= 11 is 0. The summed E-state index contributed by atoms with van der Waals surface area (Å²) in [4.78, 5) is 11.5. The van der Waals surface area contributed by atoms with Gasteiger partial charge in [0.1, 0.15) is 6.04 Å². The monoisotopic (exact) mass is 392 g/mol. The number of carbonyl (C=O) groups excluding carboxylic acids is 1. The zero-order chi connectivity index (χ0) is 20.1. The third-order valence-corrected chi connectivity index (χ3v) is 5.33. The van der Waals surface area contributed by atoms with Gasteiger partial charge in [0.2, 0.25) is 5.91 Å². The van der Waals surface area contributed by atoms with Crippen LogP contribution in [0.1, 0.15) is 62.6 Å². The van der Waals surface area contributed by atoms with Crippen molar-refractivity contribution in [2.75, 3.05) is 6.54 Å². The molecule has 0 aliphatic carbocycles. The topological polar surface area (TPSA) is 32.3 Å². The van der Waals surface area contributed by atoms with Crippen molar-refractivity contribution in [2.24, 2.45) is 0 Å². The number of benzene rings is 2. The Hall–Kier alpha value is -2.08. The second-order valence-corrected chi connectivity index (χ2v) is 7.48. The van der Waals surface area contributed by atoms with Gasteiger partial charge < -0.3 is 0 Å². The standard InChI is InChI=1S/C22H27F3N2O/c1-2-3-4-5-6-8-16-9-7-10-17-11-12-18(15-19(16)17)21(22(23,24)25)27-14-13-20(28)26-27/h7,9-12,15,21H,2-6,8,13-14H2,1H3,(H,26,28)/t21-/m0/s1. The molecule has 0 unspecified atom stereocenters. The van der Waals surface area contributed by atoms with Crippen LogP contribution in [0.3, 0.4) is 0 Å². The maximum Gasteiger partial charge on any atom is 0.409 e. The van der Waals surface area contributed by atoms with Gasteiger partial charge in [-0.15, -0.1) is 0 Å². The van der Waals surface area contributed by atoms with Crippen molar-refractivity contribution in [1.29, 1.82) is 0 Å². The van der Waals surface area contributed by atoms with Crippen LogP contribution in [-0.4, -0.2) is 23.6 Å². The summed E-state index contributed by atoms with van der Waals surface area (Å²) in [5.74, 6) is -0.372. The number of alkyl halides is 3. The molecule has 1 N–H and O–H groups in total. The molecule has 0 saturated carbocycles. The molecular formula is C22H27F3N2O. The number of hydrogen-bond donors (Lipinski definition) is 1. The second-order valence-electron chi connectivity index (χ2n) is 7.48. The number of aryl methyl sites for hydroxylation is 1. The third kappa shape index (κ3) is 4.85. The number of fused-ring (bicyclic) bond motifs is 1. The minimum Gasteiger partial charge on any atom is -0.288 e. The number of rotatable bonds is 8. The van der Waals surface area contributed by atoms with Gasteiger partial charge in [0.25, 0.3) is 0 Å². The number of hydrogen-bond acceptors (Lipinski definition) is 2. The molecule has 28 heavy (non-hydrogen) atoms. The highest BCUT2D eigenvalue weighted by molar-refractivity contribution is 5.86. The predicted octanol–water partition coefficient (Wildman–Crippen LogP) is 5.69. The van der Waals surface area contributed by atoms with Gasteiger partial charge in [-0.05, 0) is 40.8 Å². The molecule has 152 valence electrons. The van der Waals surface area contributed by atoms with E-state index < -0.39 is 12.2 Å². The van der Waals surface area contributed by atoms with Crippen molar-refractivity contribution in [3.05, 3.63) is 47.5 Å². The van der Waals surface area contributed by atoms with Crippen molar-refractivity contribution in [3.63, 3.8) is 0 Å². The van der Waals surface area contributed by atoms with Gasteiger partial charge in [0.05, 0.1) is 0 Å². The van der Waals surface area contributed by atoms with E-state index in [2.05, 4.69) is 12.3 Å². The molecule has 1 aliphatic rings. The first-order valence-electron chi connectivity index (χ1n) is 10.0. The number of halogens is 3. The fourth-order valence-electron chi connectivity index (χ4n) is 3.90. The third-order valence-electron chi connectivity index (χ3n) is 5.33. The molecule has 0 radical (unpaired) electrons. The van der Waals surface area contributed by atoms with E-state index in [0.717, 1.165) is 40.6 Å². The van der Waals surface area contributed by atoms with E-state index in [1.165, 1.54) is 25.3 Å². The van der Waals surface area contributed by atoms with E-state index in [1.54, 1.807) is 12.1 Å². The van der Waals surface area contributed by atoms with E-state index in [0.29, 0.717) is 0 Å². The van der Waals surface area contributed by atoms with Crippen LogP contribution in [0.5, 0.6) is 0 Å². The molecule has 1 saturated heterocycles.